The molecule has 0 unspecified atom stereocenters. The molecule has 6 nitrogen and oxygen atoms in total. The Labute approximate surface area is 154 Å². The van der Waals surface area contributed by atoms with Gasteiger partial charge in [-0.15, -0.1) is 0 Å². The number of phenolic OH excluding ortho intramolecular Hbond substituents is 1. The molecule has 0 saturated carbocycles. The van der Waals surface area contributed by atoms with E-state index in [-0.39, 0.29) is 11.7 Å². The number of hydrogen-bond donors (Lipinski definition) is 2. The van der Waals surface area contributed by atoms with Crippen LogP contribution in [0.15, 0.2) is 34.8 Å². The van der Waals surface area contributed by atoms with Crippen LogP contribution in [-0.4, -0.2) is 38.9 Å². The molecule has 2 aromatic rings. The molecule has 2 aromatic carbocycles. The van der Waals surface area contributed by atoms with E-state index in [4.69, 9.17) is 14.2 Å². The molecule has 0 aliphatic carbocycles. The number of rotatable bonds is 7. The van der Waals surface area contributed by atoms with Crippen LogP contribution in [0.5, 0.6) is 23.0 Å². The summed E-state index contributed by atoms with van der Waals surface area (Å²) in [5.41, 5.74) is 1.40. The summed E-state index contributed by atoms with van der Waals surface area (Å²) < 4.78 is 16.4. The van der Waals surface area contributed by atoms with Gasteiger partial charge in [0, 0.05) is 6.54 Å². The summed E-state index contributed by atoms with van der Waals surface area (Å²) in [5.74, 6) is 1.17. The number of ether oxygens (including phenoxy) is 3. The maximum atomic E-state index is 12.5. The molecule has 0 spiro atoms. The highest BCUT2D eigenvalue weighted by Crippen LogP contribution is 2.44. The highest BCUT2D eigenvalue weighted by atomic mass is 79.9. The number of carbonyl (C=O) groups excluding carboxylic acids is 1. The van der Waals surface area contributed by atoms with Crippen LogP contribution in [0.4, 0.5) is 0 Å². The monoisotopic (exact) mass is 409 g/mol. The second-order valence-electron chi connectivity index (χ2n) is 5.18. The molecule has 0 aliphatic heterocycles. The van der Waals surface area contributed by atoms with E-state index >= 15 is 0 Å². The molecule has 25 heavy (non-hydrogen) atoms. The maximum absolute atomic E-state index is 12.5. The lowest BCUT2D eigenvalue weighted by Gasteiger charge is -2.16. The number of phenols is 1. The Bertz CT molecular complexity index is 746. The molecule has 0 radical (unpaired) electrons. The van der Waals surface area contributed by atoms with E-state index < -0.39 is 0 Å². The van der Waals surface area contributed by atoms with Crippen molar-refractivity contribution in [2.45, 2.75) is 6.42 Å². The number of benzene rings is 2. The first-order valence-electron chi connectivity index (χ1n) is 7.56. The lowest BCUT2D eigenvalue weighted by Crippen LogP contribution is -2.26. The van der Waals surface area contributed by atoms with Gasteiger partial charge in [0.05, 0.1) is 31.4 Å². The normalized spacial score (nSPS) is 10.2. The van der Waals surface area contributed by atoms with Gasteiger partial charge in [-0.05, 0) is 46.1 Å². The molecule has 0 fully saturated rings. The van der Waals surface area contributed by atoms with Crippen LogP contribution < -0.4 is 19.5 Å². The zero-order valence-electron chi connectivity index (χ0n) is 14.3. The summed E-state index contributed by atoms with van der Waals surface area (Å²) in [6, 6.07) is 8.47. The highest BCUT2D eigenvalue weighted by Gasteiger charge is 2.22. The second-order valence-corrected chi connectivity index (χ2v) is 5.97. The number of carbonyl (C=O) groups is 1. The van der Waals surface area contributed by atoms with Gasteiger partial charge < -0.3 is 24.6 Å². The fourth-order valence-electron chi connectivity index (χ4n) is 2.36. The summed E-state index contributed by atoms with van der Waals surface area (Å²) in [7, 11) is 4.50. The van der Waals surface area contributed by atoms with Crippen LogP contribution >= 0.6 is 15.9 Å². The minimum atomic E-state index is -0.259. The van der Waals surface area contributed by atoms with E-state index in [1.165, 1.54) is 21.3 Å². The third kappa shape index (κ3) is 4.36. The molecule has 2 rings (SSSR count). The third-order valence-corrected chi connectivity index (χ3v) is 4.44. The van der Waals surface area contributed by atoms with Crippen molar-refractivity contribution < 1.29 is 24.1 Å². The third-order valence-electron chi connectivity index (χ3n) is 3.65. The van der Waals surface area contributed by atoms with Crippen molar-refractivity contribution in [2.24, 2.45) is 0 Å². The smallest absolute Gasteiger partial charge is 0.252 e. The Balaban J connectivity index is 2.14. The Morgan fingerprint density at radius 3 is 2.28 bits per heavy atom. The minimum absolute atomic E-state index is 0.217. The minimum Gasteiger partial charge on any atom is -0.508 e. The SMILES string of the molecule is COc1cc(C(=O)NCCc2ccc(O)cc2)c(Br)c(OC)c1OC. The number of nitrogens with one attached hydrogen (secondary N) is 1. The van der Waals surface area contributed by atoms with Gasteiger partial charge in [0.1, 0.15) is 5.75 Å². The molecule has 0 atom stereocenters. The van der Waals surface area contributed by atoms with Gasteiger partial charge in [0.25, 0.3) is 5.91 Å². The molecule has 0 bridgehead atoms. The van der Waals surface area contributed by atoms with Crippen molar-refractivity contribution in [3.8, 4) is 23.0 Å². The van der Waals surface area contributed by atoms with Crippen LogP contribution in [0.25, 0.3) is 0 Å². The van der Waals surface area contributed by atoms with Crippen LogP contribution in [0.2, 0.25) is 0 Å². The van der Waals surface area contributed by atoms with Crippen molar-refractivity contribution in [3.05, 3.63) is 45.9 Å². The van der Waals surface area contributed by atoms with Crippen LogP contribution in [0.3, 0.4) is 0 Å². The Kier molecular flexibility index (Phi) is 6.52. The fraction of sp³-hybridized carbons (Fsp3) is 0.278. The topological polar surface area (TPSA) is 77.0 Å². The number of aromatic hydroxyl groups is 1. The van der Waals surface area contributed by atoms with Crippen molar-refractivity contribution in [2.75, 3.05) is 27.9 Å². The van der Waals surface area contributed by atoms with Crippen LogP contribution in [0, 0.1) is 0 Å². The number of hydrogen-bond acceptors (Lipinski definition) is 5. The van der Waals surface area contributed by atoms with Crippen LogP contribution in [-0.2, 0) is 6.42 Å². The molecule has 134 valence electrons. The van der Waals surface area contributed by atoms with Gasteiger partial charge in [-0.1, -0.05) is 12.1 Å². The molecule has 2 N–H and O–H groups in total. The van der Waals surface area contributed by atoms with Crippen molar-refractivity contribution in [1.82, 2.24) is 5.32 Å². The summed E-state index contributed by atoms with van der Waals surface area (Å²) in [4.78, 5) is 12.5. The molecule has 0 saturated heterocycles. The lowest BCUT2D eigenvalue weighted by atomic mass is 10.1. The molecular weight excluding hydrogens is 390 g/mol. The zero-order valence-corrected chi connectivity index (χ0v) is 15.8. The van der Waals surface area contributed by atoms with Gasteiger partial charge in [-0.2, -0.15) is 0 Å². The first kappa shape index (κ1) is 18.9. The molecule has 0 heterocycles. The summed E-state index contributed by atoms with van der Waals surface area (Å²) in [5, 5.41) is 12.1. The standard InChI is InChI=1S/C18H20BrNO5/c1-23-14-10-13(15(19)17(25-3)16(14)24-2)18(22)20-9-8-11-4-6-12(21)7-5-11/h4-7,10,21H,8-9H2,1-3H3,(H,20,22). The quantitative estimate of drug-likeness (QED) is 0.734. The average molecular weight is 410 g/mol. The highest BCUT2D eigenvalue weighted by molar-refractivity contribution is 9.10. The van der Waals surface area contributed by atoms with E-state index in [2.05, 4.69) is 21.2 Å². The number of amides is 1. The van der Waals surface area contributed by atoms with Crippen molar-refractivity contribution in [1.29, 1.82) is 0 Å². The van der Waals surface area contributed by atoms with E-state index in [0.29, 0.717) is 40.3 Å². The lowest BCUT2D eigenvalue weighted by molar-refractivity contribution is 0.0952. The van der Waals surface area contributed by atoms with E-state index in [9.17, 15) is 9.90 Å². The molecule has 1 amide bonds. The number of methoxy groups -OCH3 is 3. The molecular formula is C18H20BrNO5. The number of halogens is 1. The Morgan fingerprint density at radius 2 is 1.72 bits per heavy atom. The molecule has 0 aliphatic rings. The van der Waals surface area contributed by atoms with Gasteiger partial charge in [0.15, 0.2) is 11.5 Å². The summed E-state index contributed by atoms with van der Waals surface area (Å²) >= 11 is 3.39. The molecule has 7 heteroatoms. The maximum Gasteiger partial charge on any atom is 0.252 e. The first-order valence-corrected chi connectivity index (χ1v) is 8.35. The first-order chi connectivity index (χ1) is 12.0. The largest absolute Gasteiger partial charge is 0.508 e. The van der Waals surface area contributed by atoms with Gasteiger partial charge in [-0.3, -0.25) is 4.79 Å². The predicted molar refractivity (Wildman–Crippen MR) is 97.9 cm³/mol. The van der Waals surface area contributed by atoms with Crippen molar-refractivity contribution >= 4 is 21.8 Å². The second kappa shape index (κ2) is 8.62. The zero-order chi connectivity index (χ0) is 18.4. The van der Waals surface area contributed by atoms with E-state index in [0.717, 1.165) is 5.56 Å². The van der Waals surface area contributed by atoms with Crippen molar-refractivity contribution in [3.63, 3.8) is 0 Å². The molecule has 0 aromatic heterocycles. The Hall–Kier alpha value is -2.41. The van der Waals surface area contributed by atoms with E-state index in [1.807, 2.05) is 12.1 Å². The van der Waals surface area contributed by atoms with Gasteiger partial charge in [0.2, 0.25) is 5.75 Å². The summed E-state index contributed by atoms with van der Waals surface area (Å²) in [6.07, 6.45) is 0.647. The van der Waals surface area contributed by atoms with Gasteiger partial charge >= 0.3 is 0 Å². The van der Waals surface area contributed by atoms with Crippen LogP contribution in [0.1, 0.15) is 15.9 Å². The fourth-order valence-corrected chi connectivity index (χ4v) is 3.00. The summed E-state index contributed by atoms with van der Waals surface area (Å²) in [6.45, 7) is 0.451. The van der Waals surface area contributed by atoms with Gasteiger partial charge in [-0.25, -0.2) is 0 Å². The predicted octanol–water partition coefficient (Wildman–Crippen LogP) is 3.15. The Morgan fingerprint density at radius 1 is 1.08 bits per heavy atom. The van der Waals surface area contributed by atoms with E-state index in [1.54, 1.807) is 18.2 Å². The average Bonchev–Trinajstić information content (AvgIpc) is 2.62.